The maximum Gasteiger partial charge on any atom is 0.326 e. The highest BCUT2D eigenvalue weighted by Crippen LogP contribution is 2.31. The number of hydrogen-bond donors (Lipinski definition) is 1. The molecule has 1 atom stereocenters. The van der Waals surface area contributed by atoms with Crippen molar-refractivity contribution in [3.05, 3.63) is 0 Å². The van der Waals surface area contributed by atoms with Crippen LogP contribution in [0.3, 0.4) is 0 Å². The van der Waals surface area contributed by atoms with Gasteiger partial charge in [-0.3, -0.25) is 9.69 Å². The second-order valence-electron chi connectivity index (χ2n) is 6.60. The molecule has 1 N–H and O–H groups in total. The first-order valence-corrected chi connectivity index (χ1v) is 8.38. The van der Waals surface area contributed by atoms with E-state index in [4.69, 9.17) is 4.74 Å². The third-order valence-corrected chi connectivity index (χ3v) is 5.09. The van der Waals surface area contributed by atoms with Gasteiger partial charge in [0.25, 0.3) is 0 Å². The van der Waals surface area contributed by atoms with Gasteiger partial charge in [-0.2, -0.15) is 0 Å². The Morgan fingerprint density at radius 3 is 2.62 bits per heavy atom. The van der Waals surface area contributed by atoms with E-state index in [1.54, 1.807) is 0 Å². The van der Waals surface area contributed by atoms with Crippen molar-refractivity contribution < 1.29 is 9.53 Å². The molecule has 5 nitrogen and oxygen atoms in total. The van der Waals surface area contributed by atoms with E-state index in [-0.39, 0.29) is 5.97 Å². The molecule has 0 aliphatic carbocycles. The smallest absolute Gasteiger partial charge is 0.326 e. The zero-order chi connectivity index (χ0) is 15.3. The van der Waals surface area contributed by atoms with Crippen molar-refractivity contribution in [2.45, 2.75) is 51.1 Å². The van der Waals surface area contributed by atoms with Crippen molar-refractivity contribution in [2.24, 2.45) is 0 Å². The Kier molecular flexibility index (Phi) is 6.02. The SMILES string of the molecule is COC(=O)C1(N2CCCNCC2)CCCN(C(C)C)CC1. The minimum atomic E-state index is -0.412. The van der Waals surface area contributed by atoms with Gasteiger partial charge in [-0.1, -0.05) is 0 Å². The lowest BCUT2D eigenvalue weighted by atomic mass is 9.88. The van der Waals surface area contributed by atoms with Crippen LogP contribution in [-0.4, -0.2) is 73.7 Å². The molecular weight excluding hydrogens is 266 g/mol. The minimum absolute atomic E-state index is 0.0324. The lowest BCUT2D eigenvalue weighted by Gasteiger charge is -2.40. The molecule has 0 aromatic heterocycles. The summed E-state index contributed by atoms with van der Waals surface area (Å²) in [6, 6.07) is 0.546. The van der Waals surface area contributed by atoms with Gasteiger partial charge < -0.3 is 15.0 Å². The van der Waals surface area contributed by atoms with Crippen molar-refractivity contribution in [1.29, 1.82) is 0 Å². The standard InChI is InChI=1S/C16H31N3O2/c1-14(2)18-10-4-6-16(7-12-18,15(20)21-3)19-11-5-8-17-9-13-19/h14,17H,4-13H2,1-3H3. The monoisotopic (exact) mass is 297 g/mol. The summed E-state index contributed by atoms with van der Waals surface area (Å²) in [5, 5.41) is 3.43. The Morgan fingerprint density at radius 1 is 1.10 bits per heavy atom. The van der Waals surface area contributed by atoms with E-state index in [9.17, 15) is 4.79 Å². The molecule has 2 fully saturated rings. The molecule has 0 aromatic carbocycles. The fraction of sp³-hybridized carbons (Fsp3) is 0.938. The number of carbonyl (C=O) groups excluding carboxylic acids is 1. The van der Waals surface area contributed by atoms with Crippen LogP contribution in [0, 0.1) is 0 Å². The predicted molar refractivity (Wildman–Crippen MR) is 84.4 cm³/mol. The summed E-state index contributed by atoms with van der Waals surface area (Å²) in [5.41, 5.74) is -0.412. The molecule has 0 saturated carbocycles. The number of methoxy groups -OCH3 is 1. The highest BCUT2D eigenvalue weighted by molar-refractivity contribution is 5.80. The molecular formula is C16H31N3O2. The van der Waals surface area contributed by atoms with Crippen molar-refractivity contribution >= 4 is 5.97 Å². The van der Waals surface area contributed by atoms with E-state index >= 15 is 0 Å². The molecule has 0 amide bonds. The van der Waals surface area contributed by atoms with Crippen LogP contribution in [0.2, 0.25) is 0 Å². The average Bonchev–Trinajstić information content (AvgIpc) is 2.87. The molecule has 21 heavy (non-hydrogen) atoms. The zero-order valence-corrected chi connectivity index (χ0v) is 13.9. The third kappa shape index (κ3) is 3.76. The van der Waals surface area contributed by atoms with Gasteiger partial charge in [0.2, 0.25) is 0 Å². The number of nitrogens with zero attached hydrogens (tertiary/aromatic N) is 2. The topological polar surface area (TPSA) is 44.8 Å². The van der Waals surface area contributed by atoms with Gasteiger partial charge in [-0.25, -0.2) is 0 Å². The lowest BCUT2D eigenvalue weighted by molar-refractivity contribution is -0.156. The van der Waals surface area contributed by atoms with Crippen LogP contribution in [-0.2, 0) is 9.53 Å². The summed E-state index contributed by atoms with van der Waals surface area (Å²) in [4.78, 5) is 17.5. The number of likely N-dealkylation sites (tertiary alicyclic amines) is 1. The Labute approximate surface area is 129 Å². The van der Waals surface area contributed by atoms with E-state index in [1.165, 1.54) is 7.11 Å². The molecule has 2 rings (SSSR count). The first-order valence-electron chi connectivity index (χ1n) is 8.38. The summed E-state index contributed by atoms with van der Waals surface area (Å²) in [6.07, 6.45) is 3.98. The van der Waals surface area contributed by atoms with E-state index in [2.05, 4.69) is 29.0 Å². The van der Waals surface area contributed by atoms with E-state index in [0.29, 0.717) is 6.04 Å². The predicted octanol–water partition coefficient (Wildman–Crippen LogP) is 1.09. The number of ether oxygens (including phenoxy) is 1. The molecule has 2 heterocycles. The molecule has 2 saturated heterocycles. The van der Waals surface area contributed by atoms with Gasteiger partial charge in [0.15, 0.2) is 0 Å². The lowest BCUT2D eigenvalue weighted by Crippen LogP contribution is -2.56. The molecule has 0 radical (unpaired) electrons. The summed E-state index contributed by atoms with van der Waals surface area (Å²) < 4.78 is 5.22. The first kappa shape index (κ1) is 16.7. The minimum Gasteiger partial charge on any atom is -0.468 e. The molecule has 5 heteroatoms. The van der Waals surface area contributed by atoms with Crippen LogP contribution in [0.1, 0.15) is 39.5 Å². The van der Waals surface area contributed by atoms with Gasteiger partial charge in [-0.05, 0) is 52.6 Å². The maximum absolute atomic E-state index is 12.6. The largest absolute Gasteiger partial charge is 0.468 e. The molecule has 2 aliphatic heterocycles. The molecule has 0 aromatic rings. The molecule has 2 aliphatic rings. The van der Waals surface area contributed by atoms with Gasteiger partial charge in [-0.15, -0.1) is 0 Å². The van der Waals surface area contributed by atoms with Crippen LogP contribution < -0.4 is 5.32 Å². The Morgan fingerprint density at radius 2 is 1.90 bits per heavy atom. The highest BCUT2D eigenvalue weighted by atomic mass is 16.5. The van der Waals surface area contributed by atoms with E-state index in [0.717, 1.165) is 65.0 Å². The Bertz CT molecular complexity index is 340. The average molecular weight is 297 g/mol. The number of nitrogens with one attached hydrogen (secondary N) is 1. The normalized spacial score (nSPS) is 29.9. The molecule has 0 bridgehead atoms. The number of hydrogen-bond acceptors (Lipinski definition) is 5. The van der Waals surface area contributed by atoms with Gasteiger partial charge >= 0.3 is 5.97 Å². The highest BCUT2D eigenvalue weighted by Gasteiger charge is 2.45. The van der Waals surface area contributed by atoms with Crippen molar-refractivity contribution in [2.75, 3.05) is 46.4 Å². The third-order valence-electron chi connectivity index (χ3n) is 5.09. The summed E-state index contributed by atoms with van der Waals surface area (Å²) in [5.74, 6) is -0.0324. The first-order chi connectivity index (χ1) is 10.1. The Balaban J connectivity index is 2.18. The van der Waals surface area contributed by atoms with E-state index < -0.39 is 5.54 Å². The van der Waals surface area contributed by atoms with Crippen LogP contribution in [0.15, 0.2) is 0 Å². The number of esters is 1. The second-order valence-corrected chi connectivity index (χ2v) is 6.60. The van der Waals surface area contributed by atoms with Crippen LogP contribution in [0.5, 0.6) is 0 Å². The van der Waals surface area contributed by atoms with Crippen LogP contribution in [0.4, 0.5) is 0 Å². The Hall–Kier alpha value is -0.650. The fourth-order valence-corrected chi connectivity index (χ4v) is 3.77. The number of rotatable bonds is 3. The van der Waals surface area contributed by atoms with Gasteiger partial charge in [0.1, 0.15) is 5.54 Å². The van der Waals surface area contributed by atoms with Crippen LogP contribution >= 0.6 is 0 Å². The van der Waals surface area contributed by atoms with Gasteiger partial charge in [0.05, 0.1) is 7.11 Å². The molecule has 1 unspecified atom stereocenters. The van der Waals surface area contributed by atoms with Crippen molar-refractivity contribution in [1.82, 2.24) is 15.1 Å². The summed E-state index contributed by atoms with van der Waals surface area (Å²) in [6.45, 7) is 10.5. The van der Waals surface area contributed by atoms with Crippen molar-refractivity contribution in [3.63, 3.8) is 0 Å². The summed E-state index contributed by atoms with van der Waals surface area (Å²) >= 11 is 0. The molecule has 0 spiro atoms. The second kappa shape index (κ2) is 7.56. The van der Waals surface area contributed by atoms with E-state index in [1.807, 2.05) is 0 Å². The van der Waals surface area contributed by atoms with Gasteiger partial charge in [0, 0.05) is 32.2 Å². The van der Waals surface area contributed by atoms with Crippen LogP contribution in [0.25, 0.3) is 0 Å². The maximum atomic E-state index is 12.6. The fourth-order valence-electron chi connectivity index (χ4n) is 3.77. The summed E-state index contributed by atoms with van der Waals surface area (Å²) in [7, 11) is 1.53. The number of carbonyl (C=O) groups is 1. The van der Waals surface area contributed by atoms with Crippen molar-refractivity contribution in [3.8, 4) is 0 Å². The quantitative estimate of drug-likeness (QED) is 0.790. The molecule has 122 valence electrons. The zero-order valence-electron chi connectivity index (χ0n) is 13.9.